The summed E-state index contributed by atoms with van der Waals surface area (Å²) in [6.45, 7) is 0.972. The zero-order chi connectivity index (χ0) is 11.4. The van der Waals surface area contributed by atoms with E-state index in [1.165, 1.54) is 0 Å². The Morgan fingerprint density at radius 1 is 1.44 bits per heavy atom. The molecule has 4 nitrogen and oxygen atoms in total. The summed E-state index contributed by atoms with van der Waals surface area (Å²) in [7, 11) is 0. The molecule has 0 saturated heterocycles. The molecule has 0 unspecified atom stereocenters. The van der Waals surface area contributed by atoms with E-state index in [0.29, 0.717) is 13.1 Å². The van der Waals surface area contributed by atoms with E-state index in [2.05, 4.69) is 10.3 Å². The number of aromatic nitrogens is 1. The van der Waals surface area contributed by atoms with Crippen molar-refractivity contribution in [1.82, 2.24) is 10.3 Å². The topological polar surface area (TPSA) is 68.0 Å². The second-order valence-corrected chi connectivity index (χ2v) is 5.07. The van der Waals surface area contributed by atoms with Crippen LogP contribution in [0.2, 0.25) is 0 Å². The zero-order valence-electron chi connectivity index (χ0n) is 10.1. The summed E-state index contributed by atoms with van der Waals surface area (Å²) in [5.74, 6) is 0.0977. The van der Waals surface area contributed by atoms with Crippen LogP contribution in [0.15, 0.2) is 10.9 Å². The molecule has 0 radical (unpaired) electrons. The molecule has 0 atom stereocenters. The van der Waals surface area contributed by atoms with Gasteiger partial charge in [0.15, 0.2) is 0 Å². The highest BCUT2D eigenvalue weighted by molar-refractivity contribution is 7.07. The second-order valence-electron chi connectivity index (χ2n) is 4.35. The van der Waals surface area contributed by atoms with Crippen LogP contribution in [0.4, 0.5) is 0 Å². The van der Waals surface area contributed by atoms with Crippen LogP contribution in [-0.4, -0.2) is 17.4 Å². The fourth-order valence-electron chi connectivity index (χ4n) is 2.26. The normalized spacial score (nSPS) is 16.5. The first kappa shape index (κ1) is 17.6. The number of hydrogen-bond donors (Lipinski definition) is 2. The van der Waals surface area contributed by atoms with Gasteiger partial charge in [0.05, 0.1) is 23.2 Å². The van der Waals surface area contributed by atoms with Gasteiger partial charge in [-0.3, -0.25) is 4.79 Å². The number of thiazole rings is 1. The number of carbonyl (C=O) groups excluding carboxylic acids is 1. The summed E-state index contributed by atoms with van der Waals surface area (Å²) in [6, 6.07) is 0. The molecule has 0 spiro atoms. The Kier molecular flexibility index (Phi) is 7.78. The van der Waals surface area contributed by atoms with E-state index in [-0.39, 0.29) is 36.1 Å². The van der Waals surface area contributed by atoms with Gasteiger partial charge in [0, 0.05) is 11.9 Å². The quantitative estimate of drug-likeness (QED) is 0.895. The molecule has 0 aliphatic heterocycles. The summed E-state index contributed by atoms with van der Waals surface area (Å²) in [6.07, 6.45) is 4.07. The lowest BCUT2D eigenvalue weighted by Crippen LogP contribution is -2.43. The van der Waals surface area contributed by atoms with Crippen molar-refractivity contribution < 1.29 is 4.79 Å². The summed E-state index contributed by atoms with van der Waals surface area (Å²) in [4.78, 5) is 16.2. The summed E-state index contributed by atoms with van der Waals surface area (Å²) >= 11 is 1.54. The third kappa shape index (κ3) is 3.82. The van der Waals surface area contributed by atoms with Gasteiger partial charge in [0.25, 0.3) is 0 Å². The predicted molar refractivity (Wildman–Crippen MR) is 78.4 cm³/mol. The minimum absolute atomic E-state index is 0. The molecule has 18 heavy (non-hydrogen) atoms. The monoisotopic (exact) mass is 311 g/mol. The molecule has 1 aliphatic rings. The molecule has 1 aromatic heterocycles. The lowest BCUT2D eigenvalue weighted by molar-refractivity contribution is -0.130. The summed E-state index contributed by atoms with van der Waals surface area (Å²) < 4.78 is 0. The molecular weight excluding hydrogens is 293 g/mol. The van der Waals surface area contributed by atoms with E-state index in [1.807, 2.05) is 5.38 Å². The van der Waals surface area contributed by atoms with Gasteiger partial charge >= 0.3 is 0 Å². The number of amides is 1. The number of nitrogens with two attached hydrogens (primary N) is 1. The second kappa shape index (κ2) is 7.94. The molecule has 7 heteroatoms. The van der Waals surface area contributed by atoms with Crippen molar-refractivity contribution in [3.8, 4) is 0 Å². The van der Waals surface area contributed by atoms with Gasteiger partial charge in [-0.15, -0.1) is 36.2 Å². The summed E-state index contributed by atoms with van der Waals surface area (Å²) in [5.41, 5.74) is 8.13. The maximum Gasteiger partial charge on any atom is 0.227 e. The van der Waals surface area contributed by atoms with Crippen LogP contribution in [-0.2, 0) is 11.3 Å². The third-order valence-corrected chi connectivity index (χ3v) is 3.98. The minimum atomic E-state index is -0.310. The van der Waals surface area contributed by atoms with Crippen LogP contribution in [0.3, 0.4) is 0 Å². The van der Waals surface area contributed by atoms with E-state index in [0.717, 1.165) is 31.4 Å². The maximum absolute atomic E-state index is 12.1. The van der Waals surface area contributed by atoms with Crippen molar-refractivity contribution in [1.29, 1.82) is 0 Å². The van der Waals surface area contributed by atoms with Crippen molar-refractivity contribution in [3.05, 3.63) is 16.6 Å². The average Bonchev–Trinajstić information content (AvgIpc) is 2.97. The molecule has 3 N–H and O–H groups in total. The lowest BCUT2D eigenvalue weighted by Gasteiger charge is -2.25. The first-order chi connectivity index (χ1) is 7.77. The molecule has 1 saturated carbocycles. The first-order valence-corrected chi connectivity index (χ1v) is 6.56. The van der Waals surface area contributed by atoms with Crippen LogP contribution >= 0.6 is 36.2 Å². The van der Waals surface area contributed by atoms with Gasteiger partial charge in [-0.25, -0.2) is 4.98 Å². The highest BCUT2D eigenvalue weighted by atomic mass is 35.5. The highest BCUT2D eigenvalue weighted by Gasteiger charge is 2.39. The Bertz CT molecular complexity index is 353. The van der Waals surface area contributed by atoms with E-state index in [1.54, 1.807) is 16.8 Å². The van der Waals surface area contributed by atoms with Crippen LogP contribution < -0.4 is 11.1 Å². The molecule has 2 rings (SSSR count). The van der Waals surface area contributed by atoms with E-state index in [9.17, 15) is 4.79 Å². The Morgan fingerprint density at radius 3 is 2.61 bits per heavy atom. The van der Waals surface area contributed by atoms with Gasteiger partial charge in [-0.05, 0) is 12.8 Å². The molecule has 0 bridgehead atoms. The maximum atomic E-state index is 12.1. The average molecular weight is 312 g/mol. The molecule has 1 amide bonds. The first-order valence-electron chi connectivity index (χ1n) is 5.62. The Hall–Kier alpha value is -0.360. The molecule has 1 heterocycles. The van der Waals surface area contributed by atoms with E-state index >= 15 is 0 Å². The number of nitrogens with one attached hydrogen (secondary N) is 1. The van der Waals surface area contributed by atoms with Gasteiger partial charge in [-0.1, -0.05) is 12.8 Å². The number of hydrogen-bond acceptors (Lipinski definition) is 4. The van der Waals surface area contributed by atoms with Gasteiger partial charge in [0.1, 0.15) is 0 Å². The lowest BCUT2D eigenvalue weighted by atomic mass is 9.85. The Balaban J connectivity index is 0.00000144. The zero-order valence-corrected chi connectivity index (χ0v) is 12.5. The van der Waals surface area contributed by atoms with Crippen LogP contribution in [0.1, 0.15) is 31.4 Å². The third-order valence-electron chi connectivity index (χ3n) is 3.35. The number of nitrogens with zero attached hydrogens (tertiary/aromatic N) is 1. The van der Waals surface area contributed by atoms with Crippen molar-refractivity contribution in [2.24, 2.45) is 11.1 Å². The molecule has 1 fully saturated rings. The van der Waals surface area contributed by atoms with Gasteiger partial charge in [0.2, 0.25) is 5.91 Å². The number of carbonyl (C=O) groups is 1. The number of halogens is 2. The largest absolute Gasteiger partial charge is 0.350 e. The predicted octanol–water partition coefficient (Wildman–Crippen LogP) is 2.12. The SMILES string of the molecule is Cl.Cl.NCC1(C(=O)NCc2cscn2)CCCC1. The molecule has 0 aromatic carbocycles. The van der Waals surface area contributed by atoms with Crippen molar-refractivity contribution in [2.75, 3.05) is 6.54 Å². The highest BCUT2D eigenvalue weighted by Crippen LogP contribution is 2.37. The summed E-state index contributed by atoms with van der Waals surface area (Å²) in [5, 5.41) is 4.89. The standard InChI is InChI=1S/C11H17N3OS.2ClH/c12-7-11(3-1-2-4-11)10(15)13-5-9-6-16-8-14-9;;/h6,8H,1-5,7,12H2,(H,13,15);2*1H. The van der Waals surface area contributed by atoms with Crippen molar-refractivity contribution in [3.63, 3.8) is 0 Å². The molecular formula is C11H19Cl2N3OS. The van der Waals surface area contributed by atoms with Crippen molar-refractivity contribution in [2.45, 2.75) is 32.2 Å². The van der Waals surface area contributed by atoms with E-state index < -0.39 is 0 Å². The van der Waals surface area contributed by atoms with Gasteiger partial charge in [-0.2, -0.15) is 0 Å². The van der Waals surface area contributed by atoms with Crippen LogP contribution in [0.5, 0.6) is 0 Å². The molecule has 1 aromatic rings. The minimum Gasteiger partial charge on any atom is -0.350 e. The number of rotatable bonds is 4. The molecule has 104 valence electrons. The Morgan fingerprint density at radius 2 is 2.11 bits per heavy atom. The van der Waals surface area contributed by atoms with E-state index in [4.69, 9.17) is 5.73 Å². The van der Waals surface area contributed by atoms with Crippen LogP contribution in [0.25, 0.3) is 0 Å². The van der Waals surface area contributed by atoms with Gasteiger partial charge < -0.3 is 11.1 Å². The van der Waals surface area contributed by atoms with Crippen LogP contribution in [0, 0.1) is 5.41 Å². The fraction of sp³-hybridized carbons (Fsp3) is 0.636. The smallest absolute Gasteiger partial charge is 0.227 e. The van der Waals surface area contributed by atoms with Crippen molar-refractivity contribution >= 4 is 42.1 Å². The molecule has 1 aliphatic carbocycles. The Labute approximate surface area is 124 Å². The fourth-order valence-corrected chi connectivity index (χ4v) is 2.82.